The maximum absolute atomic E-state index is 13.3. The Kier molecular flexibility index (Phi) is 7.13. The zero-order valence-electron chi connectivity index (χ0n) is 25.6. The van der Waals surface area contributed by atoms with Gasteiger partial charge in [-0.05, 0) is 104 Å². The summed E-state index contributed by atoms with van der Waals surface area (Å²) in [5, 5.41) is 11.9. The Bertz CT molecular complexity index is 1320. The number of piperazine rings is 1. The molecule has 7 rings (SSSR count). The van der Waals surface area contributed by atoms with Crippen LogP contribution in [0.25, 0.3) is 11.1 Å². The van der Waals surface area contributed by atoms with Crippen molar-refractivity contribution >= 4 is 11.7 Å². The number of rotatable bonds is 4. The Morgan fingerprint density at radius 2 is 1.55 bits per heavy atom. The van der Waals surface area contributed by atoms with Crippen LogP contribution in [0.3, 0.4) is 0 Å². The van der Waals surface area contributed by atoms with Crippen LogP contribution in [0.15, 0.2) is 54.6 Å². The van der Waals surface area contributed by atoms with Crippen LogP contribution in [0.5, 0.6) is 0 Å². The van der Waals surface area contributed by atoms with Crippen molar-refractivity contribution < 1.29 is 14.7 Å². The summed E-state index contributed by atoms with van der Waals surface area (Å²) in [6.07, 6.45) is 9.48. The molecule has 7 atom stereocenters. The van der Waals surface area contributed by atoms with Crippen LogP contribution in [0.1, 0.15) is 82.0 Å². The molecule has 4 saturated carbocycles. The monoisotopic (exact) mass is 568 g/mol. The lowest BCUT2D eigenvalue weighted by molar-refractivity contribution is -0.157. The van der Waals surface area contributed by atoms with Crippen LogP contribution in [-0.2, 0) is 4.79 Å². The van der Waals surface area contributed by atoms with E-state index in [0.29, 0.717) is 48.0 Å². The van der Waals surface area contributed by atoms with Gasteiger partial charge in [0.2, 0.25) is 0 Å². The van der Waals surface area contributed by atoms with Gasteiger partial charge in [0.15, 0.2) is 0 Å². The number of aliphatic hydroxyl groups is 1. The molecule has 0 spiro atoms. The summed E-state index contributed by atoms with van der Waals surface area (Å²) in [7, 11) is 0. The lowest BCUT2D eigenvalue weighted by atomic mass is 9.44. The van der Waals surface area contributed by atoms with Gasteiger partial charge in [0.05, 0.1) is 5.60 Å². The largest absolute Gasteiger partial charge is 0.389 e. The minimum Gasteiger partial charge on any atom is -0.389 e. The first-order valence-electron chi connectivity index (χ1n) is 16.6. The number of carbonyl (C=O) groups is 2. The van der Waals surface area contributed by atoms with E-state index in [1.165, 1.54) is 19.3 Å². The molecular weight excluding hydrogens is 520 g/mol. The van der Waals surface area contributed by atoms with Crippen molar-refractivity contribution in [1.82, 2.24) is 9.80 Å². The lowest BCUT2D eigenvalue weighted by Gasteiger charge is -2.61. The SMILES string of the molecule is C[C@]12CC[C@](O)(CN3CCN(C(=O)c4ccc(-c5ccccc5)cc4)CC3)C[C@@H]1CC[C@@H]1[C@@H]2CC[C@]2(C)C(=O)CC[C@@H]12. The number of benzene rings is 2. The number of fused-ring (bicyclic) bond motifs is 5. The Morgan fingerprint density at radius 1 is 0.833 bits per heavy atom. The Labute approximate surface area is 251 Å². The third kappa shape index (κ3) is 4.76. The lowest BCUT2D eigenvalue weighted by Crippen LogP contribution is -2.59. The third-order valence-electron chi connectivity index (χ3n) is 12.9. The number of β-amino-alcohol motifs (C(OH)–C–C–N with tert-alkyl or cyclic N) is 1. The summed E-state index contributed by atoms with van der Waals surface area (Å²) in [6, 6.07) is 18.2. The van der Waals surface area contributed by atoms with Crippen LogP contribution in [-0.4, -0.2) is 64.9 Å². The summed E-state index contributed by atoms with van der Waals surface area (Å²) in [6.45, 7) is 8.57. The maximum atomic E-state index is 13.3. The van der Waals surface area contributed by atoms with E-state index >= 15 is 0 Å². The molecule has 5 nitrogen and oxygen atoms in total. The predicted octanol–water partition coefficient (Wildman–Crippen LogP) is 6.45. The van der Waals surface area contributed by atoms with Crippen LogP contribution in [0.2, 0.25) is 0 Å². The minimum atomic E-state index is -0.636. The van der Waals surface area contributed by atoms with Crippen molar-refractivity contribution in [3.63, 3.8) is 0 Å². The fourth-order valence-electron chi connectivity index (χ4n) is 10.4. The molecule has 5 fully saturated rings. The second-order valence-corrected chi connectivity index (χ2v) is 15.0. The summed E-state index contributed by atoms with van der Waals surface area (Å²) in [5.74, 6) is 3.19. The van der Waals surface area contributed by atoms with E-state index in [4.69, 9.17) is 0 Å². The van der Waals surface area contributed by atoms with Crippen LogP contribution < -0.4 is 0 Å². The van der Waals surface area contributed by atoms with Crippen molar-refractivity contribution in [3.05, 3.63) is 60.2 Å². The summed E-state index contributed by atoms with van der Waals surface area (Å²) in [5.41, 5.74) is 2.62. The number of ketones is 1. The number of nitrogens with zero attached hydrogens (tertiary/aromatic N) is 2. The van der Waals surface area contributed by atoms with Crippen LogP contribution >= 0.6 is 0 Å². The molecule has 5 aliphatic rings. The van der Waals surface area contributed by atoms with Gasteiger partial charge in [-0.1, -0.05) is 56.3 Å². The summed E-state index contributed by atoms with van der Waals surface area (Å²) < 4.78 is 0. The smallest absolute Gasteiger partial charge is 0.253 e. The predicted molar refractivity (Wildman–Crippen MR) is 166 cm³/mol. The second-order valence-electron chi connectivity index (χ2n) is 15.0. The first kappa shape index (κ1) is 28.3. The number of carbonyl (C=O) groups excluding carboxylic acids is 2. The average Bonchev–Trinajstić information content (AvgIpc) is 3.32. The minimum absolute atomic E-state index is 0.0606. The fourth-order valence-corrected chi connectivity index (χ4v) is 10.4. The quantitative estimate of drug-likeness (QED) is 0.460. The van der Waals surface area contributed by atoms with Crippen LogP contribution in [0, 0.1) is 34.5 Å². The normalized spacial score (nSPS) is 38.5. The zero-order valence-corrected chi connectivity index (χ0v) is 25.6. The molecular formula is C37H48N2O3. The van der Waals surface area contributed by atoms with E-state index < -0.39 is 5.60 Å². The molecule has 0 aromatic heterocycles. The molecule has 0 radical (unpaired) electrons. The molecule has 1 heterocycles. The van der Waals surface area contributed by atoms with E-state index in [-0.39, 0.29) is 11.3 Å². The Balaban J connectivity index is 0.941. The number of hydrogen-bond donors (Lipinski definition) is 1. The highest BCUT2D eigenvalue weighted by Crippen LogP contribution is 2.66. The molecule has 1 saturated heterocycles. The fraction of sp³-hybridized carbons (Fsp3) is 0.622. The van der Waals surface area contributed by atoms with Gasteiger partial charge in [0.25, 0.3) is 5.91 Å². The van der Waals surface area contributed by atoms with Crippen molar-refractivity contribution in [2.24, 2.45) is 34.5 Å². The van der Waals surface area contributed by atoms with Gasteiger partial charge in [-0.15, -0.1) is 0 Å². The highest BCUT2D eigenvalue weighted by atomic mass is 16.3. The standard InChI is InChI=1S/C37H48N2O3/c1-35-18-19-37(42,24-29(35)12-13-30-31-14-15-33(40)36(31,2)17-16-32(30)35)25-38-20-22-39(23-21-38)34(41)28-10-8-27(9-11-28)26-6-4-3-5-7-26/h3-11,29-32,42H,12-25H2,1-2H3/t29-,30-,31-,32-,35-,36-,37+/m0/s1. The van der Waals surface area contributed by atoms with Crippen molar-refractivity contribution in [1.29, 1.82) is 0 Å². The molecule has 2 aromatic carbocycles. The van der Waals surface area contributed by atoms with E-state index in [9.17, 15) is 14.7 Å². The summed E-state index contributed by atoms with van der Waals surface area (Å²) >= 11 is 0. The second kappa shape index (κ2) is 10.6. The first-order valence-corrected chi connectivity index (χ1v) is 16.6. The molecule has 1 aliphatic heterocycles. The van der Waals surface area contributed by atoms with E-state index in [2.05, 4.69) is 30.9 Å². The highest BCUT2D eigenvalue weighted by Gasteiger charge is 2.61. The summed E-state index contributed by atoms with van der Waals surface area (Å²) in [4.78, 5) is 30.4. The average molecular weight is 569 g/mol. The van der Waals surface area contributed by atoms with E-state index in [1.54, 1.807) is 0 Å². The van der Waals surface area contributed by atoms with Gasteiger partial charge in [-0.3, -0.25) is 14.5 Å². The molecule has 2 aromatic rings. The highest BCUT2D eigenvalue weighted by molar-refractivity contribution is 5.94. The molecule has 0 unspecified atom stereocenters. The molecule has 5 heteroatoms. The van der Waals surface area contributed by atoms with Gasteiger partial charge >= 0.3 is 0 Å². The van der Waals surface area contributed by atoms with Crippen molar-refractivity contribution in [2.75, 3.05) is 32.7 Å². The van der Waals surface area contributed by atoms with E-state index in [1.807, 2.05) is 47.4 Å². The van der Waals surface area contributed by atoms with Gasteiger partial charge in [-0.2, -0.15) is 0 Å². The molecule has 0 bridgehead atoms. The molecule has 224 valence electrons. The molecule has 4 aliphatic carbocycles. The van der Waals surface area contributed by atoms with Gasteiger partial charge < -0.3 is 10.0 Å². The number of amides is 1. The maximum Gasteiger partial charge on any atom is 0.253 e. The van der Waals surface area contributed by atoms with Gasteiger partial charge in [-0.25, -0.2) is 0 Å². The molecule has 42 heavy (non-hydrogen) atoms. The molecule has 1 amide bonds. The number of Topliss-reactive ketones (excluding diaryl/α,β-unsaturated/α-hetero) is 1. The van der Waals surface area contributed by atoms with Gasteiger partial charge in [0, 0.05) is 50.1 Å². The van der Waals surface area contributed by atoms with E-state index in [0.717, 1.165) is 74.8 Å². The Morgan fingerprint density at radius 3 is 2.29 bits per heavy atom. The number of hydrogen-bond acceptors (Lipinski definition) is 4. The third-order valence-corrected chi connectivity index (χ3v) is 12.9. The van der Waals surface area contributed by atoms with Crippen molar-refractivity contribution in [2.45, 2.75) is 77.2 Å². The van der Waals surface area contributed by atoms with Crippen LogP contribution in [0.4, 0.5) is 0 Å². The molecule has 1 N–H and O–H groups in total. The first-order chi connectivity index (χ1) is 20.2. The zero-order chi connectivity index (χ0) is 29.1. The van der Waals surface area contributed by atoms with Gasteiger partial charge in [0.1, 0.15) is 5.78 Å². The Hall–Kier alpha value is -2.50. The topological polar surface area (TPSA) is 60.9 Å². The van der Waals surface area contributed by atoms with Crippen molar-refractivity contribution in [3.8, 4) is 11.1 Å².